The molecule has 0 saturated carbocycles. The first-order valence-electron chi connectivity index (χ1n) is 6.13. The molecule has 6 heteroatoms. The smallest absolute Gasteiger partial charge is 0.211 e. The van der Waals surface area contributed by atoms with Crippen LogP contribution in [-0.2, 0) is 14.8 Å². The summed E-state index contributed by atoms with van der Waals surface area (Å²) in [6, 6.07) is 0.355. The molecular weight excluding hydrogens is 240 g/mol. The van der Waals surface area contributed by atoms with Crippen LogP contribution < -0.4 is 5.32 Å². The van der Waals surface area contributed by atoms with Crippen LogP contribution in [0.1, 0.15) is 26.7 Å². The van der Waals surface area contributed by atoms with E-state index < -0.39 is 10.0 Å². The monoisotopic (exact) mass is 266 g/mol. The third-order valence-corrected chi connectivity index (χ3v) is 4.08. The summed E-state index contributed by atoms with van der Waals surface area (Å²) < 4.78 is 29.2. The highest BCUT2D eigenvalue weighted by atomic mass is 32.2. The number of hydrogen-bond acceptors (Lipinski definition) is 4. The summed E-state index contributed by atoms with van der Waals surface area (Å²) in [6.07, 6.45) is 3.09. The summed E-state index contributed by atoms with van der Waals surface area (Å²) in [4.78, 5) is 0. The van der Waals surface area contributed by atoms with E-state index >= 15 is 0 Å². The number of hydrogen-bond donors (Lipinski definition) is 1. The molecule has 104 valence electrons. The van der Waals surface area contributed by atoms with Gasteiger partial charge in [0.1, 0.15) is 0 Å². The molecule has 0 aromatic rings. The van der Waals surface area contributed by atoms with Crippen molar-refractivity contribution < 1.29 is 13.2 Å². The van der Waals surface area contributed by atoms with Crippen molar-refractivity contribution in [2.24, 2.45) is 0 Å². The maximum absolute atomic E-state index is 11.3. The summed E-state index contributed by atoms with van der Waals surface area (Å²) in [7, 11) is -1.36. The minimum Gasteiger partial charge on any atom is -0.383 e. The standard InChI is InChI=1S/C11H26N2O3S/c1-5-11(10-16-3)12-8-7-9-13(6-2)17(4,14)15/h11-12H,5-10H2,1-4H3. The van der Waals surface area contributed by atoms with Crippen molar-refractivity contribution in [3.8, 4) is 0 Å². The minimum absolute atomic E-state index is 0.355. The zero-order valence-corrected chi connectivity index (χ0v) is 12.2. The predicted octanol–water partition coefficient (Wildman–Crippen LogP) is 0.673. The third kappa shape index (κ3) is 7.70. The van der Waals surface area contributed by atoms with E-state index in [2.05, 4.69) is 12.2 Å². The van der Waals surface area contributed by atoms with Crippen LogP contribution in [0.4, 0.5) is 0 Å². The Morgan fingerprint density at radius 1 is 1.35 bits per heavy atom. The molecule has 0 amide bonds. The first-order chi connectivity index (χ1) is 7.95. The van der Waals surface area contributed by atoms with Crippen molar-refractivity contribution in [2.45, 2.75) is 32.7 Å². The Hall–Kier alpha value is -0.170. The van der Waals surface area contributed by atoms with Crippen LogP contribution in [0.3, 0.4) is 0 Å². The lowest BCUT2D eigenvalue weighted by Gasteiger charge is -2.19. The summed E-state index contributed by atoms with van der Waals surface area (Å²) in [5.41, 5.74) is 0. The van der Waals surface area contributed by atoms with Crippen molar-refractivity contribution in [2.75, 3.05) is 39.6 Å². The van der Waals surface area contributed by atoms with Gasteiger partial charge in [0.05, 0.1) is 12.9 Å². The Morgan fingerprint density at radius 2 is 2.00 bits per heavy atom. The topological polar surface area (TPSA) is 58.6 Å². The zero-order chi connectivity index (χ0) is 13.3. The van der Waals surface area contributed by atoms with Crippen molar-refractivity contribution >= 4 is 10.0 Å². The van der Waals surface area contributed by atoms with E-state index in [4.69, 9.17) is 4.74 Å². The van der Waals surface area contributed by atoms with Crippen molar-refractivity contribution in [3.63, 3.8) is 0 Å². The molecule has 5 nitrogen and oxygen atoms in total. The maximum atomic E-state index is 11.3. The van der Waals surface area contributed by atoms with Gasteiger partial charge in [-0.25, -0.2) is 12.7 Å². The second kappa shape index (κ2) is 8.85. The minimum atomic E-state index is -3.05. The summed E-state index contributed by atoms with van der Waals surface area (Å²) in [5.74, 6) is 0. The van der Waals surface area contributed by atoms with Gasteiger partial charge in [0.15, 0.2) is 0 Å². The molecular formula is C11H26N2O3S. The van der Waals surface area contributed by atoms with Crippen molar-refractivity contribution in [1.29, 1.82) is 0 Å². The highest BCUT2D eigenvalue weighted by Gasteiger charge is 2.13. The Balaban J connectivity index is 3.83. The number of sulfonamides is 1. The Bertz CT molecular complexity index is 280. The van der Waals surface area contributed by atoms with E-state index in [0.29, 0.717) is 25.7 Å². The molecule has 0 spiro atoms. The molecule has 0 aliphatic heterocycles. The Morgan fingerprint density at radius 3 is 2.41 bits per heavy atom. The quantitative estimate of drug-likeness (QED) is 0.591. The molecule has 0 aromatic carbocycles. The summed E-state index contributed by atoms with van der Waals surface area (Å²) >= 11 is 0. The van der Waals surface area contributed by atoms with Crippen LogP contribution in [0.15, 0.2) is 0 Å². The van der Waals surface area contributed by atoms with Gasteiger partial charge in [-0.1, -0.05) is 13.8 Å². The average molecular weight is 266 g/mol. The van der Waals surface area contributed by atoms with E-state index in [1.165, 1.54) is 10.6 Å². The van der Waals surface area contributed by atoms with E-state index in [0.717, 1.165) is 19.4 Å². The fourth-order valence-electron chi connectivity index (χ4n) is 1.64. The summed E-state index contributed by atoms with van der Waals surface area (Å²) in [6.45, 7) is 6.58. The molecule has 0 aromatic heterocycles. The fourth-order valence-corrected chi connectivity index (χ4v) is 2.57. The molecule has 1 unspecified atom stereocenters. The van der Waals surface area contributed by atoms with Gasteiger partial charge in [-0.05, 0) is 19.4 Å². The molecule has 17 heavy (non-hydrogen) atoms. The molecule has 1 N–H and O–H groups in total. The Labute approximate surface area is 106 Å². The van der Waals surface area contributed by atoms with Crippen LogP contribution in [0, 0.1) is 0 Å². The molecule has 0 bridgehead atoms. The van der Waals surface area contributed by atoms with Crippen LogP contribution >= 0.6 is 0 Å². The maximum Gasteiger partial charge on any atom is 0.211 e. The SMILES string of the molecule is CCC(COC)NCCCN(CC)S(C)(=O)=O. The molecule has 0 fully saturated rings. The van der Waals surface area contributed by atoms with Gasteiger partial charge in [-0.2, -0.15) is 0 Å². The first-order valence-corrected chi connectivity index (χ1v) is 7.97. The molecule has 0 aliphatic rings. The second-order valence-electron chi connectivity index (χ2n) is 4.12. The highest BCUT2D eigenvalue weighted by Crippen LogP contribution is 1.99. The van der Waals surface area contributed by atoms with Gasteiger partial charge >= 0.3 is 0 Å². The molecule has 0 aliphatic carbocycles. The second-order valence-corrected chi connectivity index (χ2v) is 6.11. The lowest BCUT2D eigenvalue weighted by atomic mass is 10.2. The van der Waals surface area contributed by atoms with E-state index in [1.54, 1.807) is 7.11 Å². The number of rotatable bonds is 10. The summed E-state index contributed by atoms with van der Waals surface area (Å²) in [5, 5.41) is 3.35. The van der Waals surface area contributed by atoms with Crippen LogP contribution in [0.25, 0.3) is 0 Å². The van der Waals surface area contributed by atoms with Crippen LogP contribution in [0.2, 0.25) is 0 Å². The van der Waals surface area contributed by atoms with Crippen molar-refractivity contribution in [1.82, 2.24) is 9.62 Å². The molecule has 0 heterocycles. The molecule has 0 radical (unpaired) electrons. The zero-order valence-electron chi connectivity index (χ0n) is 11.4. The van der Waals surface area contributed by atoms with Gasteiger partial charge in [0, 0.05) is 26.2 Å². The van der Waals surface area contributed by atoms with Crippen LogP contribution in [-0.4, -0.2) is 58.4 Å². The lowest BCUT2D eigenvalue weighted by Crippen LogP contribution is -2.36. The van der Waals surface area contributed by atoms with Crippen molar-refractivity contribution in [3.05, 3.63) is 0 Å². The highest BCUT2D eigenvalue weighted by molar-refractivity contribution is 7.88. The average Bonchev–Trinajstić information content (AvgIpc) is 2.25. The van der Waals surface area contributed by atoms with E-state index in [-0.39, 0.29) is 0 Å². The van der Waals surface area contributed by atoms with Gasteiger partial charge in [0.2, 0.25) is 10.0 Å². The first kappa shape index (κ1) is 16.8. The molecule has 1 atom stereocenters. The number of nitrogens with one attached hydrogen (secondary N) is 1. The number of methoxy groups -OCH3 is 1. The Kier molecular flexibility index (Phi) is 8.77. The number of nitrogens with zero attached hydrogens (tertiary/aromatic N) is 1. The normalized spacial score (nSPS) is 14.2. The van der Waals surface area contributed by atoms with Crippen LogP contribution in [0.5, 0.6) is 0 Å². The predicted molar refractivity (Wildman–Crippen MR) is 70.7 cm³/mol. The number of ether oxygens (including phenoxy) is 1. The van der Waals surface area contributed by atoms with Gasteiger partial charge in [-0.15, -0.1) is 0 Å². The van der Waals surface area contributed by atoms with E-state index in [1.807, 2.05) is 6.92 Å². The van der Waals surface area contributed by atoms with Gasteiger partial charge < -0.3 is 10.1 Å². The van der Waals surface area contributed by atoms with Gasteiger partial charge in [-0.3, -0.25) is 0 Å². The van der Waals surface area contributed by atoms with Gasteiger partial charge in [0.25, 0.3) is 0 Å². The lowest BCUT2D eigenvalue weighted by molar-refractivity contribution is 0.164. The largest absolute Gasteiger partial charge is 0.383 e. The molecule has 0 rings (SSSR count). The third-order valence-electron chi connectivity index (χ3n) is 2.70. The molecule has 0 saturated heterocycles. The fraction of sp³-hybridized carbons (Fsp3) is 1.00. The van der Waals surface area contributed by atoms with E-state index in [9.17, 15) is 8.42 Å².